The summed E-state index contributed by atoms with van der Waals surface area (Å²) in [5, 5.41) is 4.64. The van der Waals surface area contributed by atoms with Crippen molar-refractivity contribution in [1.82, 2.24) is 5.32 Å². The molecule has 7 nitrogen and oxygen atoms in total. The number of rotatable bonds is 6. The van der Waals surface area contributed by atoms with Gasteiger partial charge < -0.3 is 14.8 Å². The van der Waals surface area contributed by atoms with Crippen LogP contribution in [0.2, 0.25) is 0 Å². The minimum Gasteiger partial charge on any atom is -0.486 e. The first-order chi connectivity index (χ1) is 14.4. The molecular weight excluding hydrogens is 424 g/mol. The van der Waals surface area contributed by atoms with Gasteiger partial charge in [-0.1, -0.05) is 12.1 Å². The standard InChI is InChI=1S/C21H20N2O5S2/c1-14(16-6-9-18-19(13-16)28-11-10-27-18)22-21(24)15-4-7-17(8-5-15)23-30(25,26)20-3-2-12-29-20/h2-9,12-14,23H,10-11H2,1H3,(H,22,24)/t14-/m1/s1. The van der Waals surface area contributed by atoms with Gasteiger partial charge in [0.15, 0.2) is 11.5 Å². The minimum absolute atomic E-state index is 0.234. The van der Waals surface area contributed by atoms with Gasteiger partial charge in [0.05, 0.1) is 6.04 Å². The van der Waals surface area contributed by atoms with E-state index in [-0.39, 0.29) is 16.2 Å². The minimum atomic E-state index is -3.62. The summed E-state index contributed by atoms with van der Waals surface area (Å²) in [7, 11) is -3.62. The van der Waals surface area contributed by atoms with Gasteiger partial charge in [0.1, 0.15) is 17.4 Å². The summed E-state index contributed by atoms with van der Waals surface area (Å²) in [6, 6.07) is 14.8. The molecule has 0 fully saturated rings. The van der Waals surface area contributed by atoms with Crippen molar-refractivity contribution in [2.45, 2.75) is 17.2 Å². The highest BCUT2D eigenvalue weighted by atomic mass is 32.2. The molecule has 0 bridgehead atoms. The maximum atomic E-state index is 12.6. The van der Waals surface area contributed by atoms with E-state index in [1.54, 1.807) is 35.7 Å². The molecule has 9 heteroatoms. The second kappa shape index (κ2) is 8.37. The van der Waals surface area contributed by atoms with Gasteiger partial charge in [0.2, 0.25) is 0 Å². The number of hydrogen-bond donors (Lipinski definition) is 2. The zero-order valence-electron chi connectivity index (χ0n) is 16.1. The van der Waals surface area contributed by atoms with Crippen LogP contribution in [0, 0.1) is 0 Å². The SMILES string of the molecule is C[C@@H](NC(=O)c1ccc(NS(=O)(=O)c2cccs2)cc1)c1ccc2c(c1)OCCO2. The fourth-order valence-electron chi connectivity index (χ4n) is 3.00. The summed E-state index contributed by atoms with van der Waals surface area (Å²) in [4.78, 5) is 12.6. The van der Waals surface area contributed by atoms with Gasteiger partial charge in [-0.3, -0.25) is 9.52 Å². The Hall–Kier alpha value is -3.04. The highest BCUT2D eigenvalue weighted by Crippen LogP contribution is 2.32. The largest absolute Gasteiger partial charge is 0.486 e. The average Bonchev–Trinajstić information content (AvgIpc) is 3.29. The maximum Gasteiger partial charge on any atom is 0.271 e. The van der Waals surface area contributed by atoms with E-state index in [4.69, 9.17) is 9.47 Å². The van der Waals surface area contributed by atoms with Gasteiger partial charge in [-0.2, -0.15) is 0 Å². The number of carbonyl (C=O) groups is 1. The predicted molar refractivity (Wildman–Crippen MR) is 115 cm³/mol. The van der Waals surface area contributed by atoms with Crippen LogP contribution in [0.3, 0.4) is 0 Å². The second-order valence-electron chi connectivity index (χ2n) is 6.71. The van der Waals surface area contributed by atoms with Crippen molar-refractivity contribution < 1.29 is 22.7 Å². The van der Waals surface area contributed by atoms with E-state index in [1.165, 1.54) is 6.07 Å². The maximum absolute atomic E-state index is 12.6. The molecule has 3 aromatic rings. The molecule has 2 N–H and O–H groups in total. The Morgan fingerprint density at radius 3 is 2.47 bits per heavy atom. The summed E-state index contributed by atoms with van der Waals surface area (Å²) in [5.74, 6) is 1.11. The fraction of sp³-hybridized carbons (Fsp3) is 0.190. The van der Waals surface area contributed by atoms with E-state index >= 15 is 0 Å². The normalized spacial score (nSPS) is 14.0. The Balaban J connectivity index is 1.41. The zero-order chi connectivity index (χ0) is 21.1. The van der Waals surface area contributed by atoms with Crippen LogP contribution in [0.1, 0.15) is 28.9 Å². The summed E-state index contributed by atoms with van der Waals surface area (Å²) in [6.45, 7) is 2.91. The number of thiophene rings is 1. The molecule has 1 amide bonds. The molecule has 0 aliphatic carbocycles. The van der Waals surface area contributed by atoms with Crippen molar-refractivity contribution in [1.29, 1.82) is 0 Å². The number of nitrogens with one attached hydrogen (secondary N) is 2. The fourth-order valence-corrected chi connectivity index (χ4v) is 5.06. The van der Waals surface area contributed by atoms with Crippen LogP contribution in [0.15, 0.2) is 64.2 Å². The molecule has 2 heterocycles. The predicted octanol–water partition coefficient (Wildman–Crippen LogP) is 3.81. The summed E-state index contributed by atoms with van der Waals surface area (Å²) < 4.78 is 38.4. The van der Waals surface area contributed by atoms with Crippen LogP contribution in [-0.4, -0.2) is 27.5 Å². The molecule has 0 unspecified atom stereocenters. The summed E-state index contributed by atoms with van der Waals surface area (Å²) in [5.41, 5.74) is 1.71. The molecule has 0 saturated carbocycles. The lowest BCUT2D eigenvalue weighted by Gasteiger charge is -2.21. The molecule has 0 saturated heterocycles. The molecule has 0 radical (unpaired) electrons. The van der Waals surface area contributed by atoms with Crippen LogP contribution in [0.4, 0.5) is 5.69 Å². The van der Waals surface area contributed by atoms with Gasteiger partial charge in [-0.25, -0.2) is 8.42 Å². The molecule has 30 heavy (non-hydrogen) atoms. The van der Waals surface area contributed by atoms with E-state index in [9.17, 15) is 13.2 Å². The Labute approximate surface area is 178 Å². The van der Waals surface area contributed by atoms with E-state index in [1.807, 2.05) is 25.1 Å². The first-order valence-electron chi connectivity index (χ1n) is 9.29. The smallest absolute Gasteiger partial charge is 0.271 e. The second-order valence-corrected chi connectivity index (χ2v) is 9.57. The molecule has 0 spiro atoms. The Kier molecular flexibility index (Phi) is 5.65. The first-order valence-corrected chi connectivity index (χ1v) is 11.7. The van der Waals surface area contributed by atoms with Crippen LogP contribution >= 0.6 is 11.3 Å². The van der Waals surface area contributed by atoms with E-state index in [2.05, 4.69) is 10.0 Å². The van der Waals surface area contributed by atoms with Crippen LogP contribution in [0.5, 0.6) is 11.5 Å². The van der Waals surface area contributed by atoms with Crippen molar-refractivity contribution in [3.05, 3.63) is 71.1 Å². The monoisotopic (exact) mass is 444 g/mol. The number of fused-ring (bicyclic) bond motifs is 1. The van der Waals surface area contributed by atoms with Crippen molar-refractivity contribution >= 4 is 33.0 Å². The summed E-state index contributed by atoms with van der Waals surface area (Å²) >= 11 is 1.14. The number of carbonyl (C=O) groups excluding carboxylic acids is 1. The molecule has 156 valence electrons. The van der Waals surface area contributed by atoms with Gasteiger partial charge >= 0.3 is 0 Å². The van der Waals surface area contributed by atoms with Crippen molar-refractivity contribution in [3.63, 3.8) is 0 Å². The highest BCUT2D eigenvalue weighted by molar-refractivity contribution is 7.94. The van der Waals surface area contributed by atoms with Crippen molar-refractivity contribution in [2.75, 3.05) is 17.9 Å². The Morgan fingerprint density at radius 2 is 1.77 bits per heavy atom. The lowest BCUT2D eigenvalue weighted by atomic mass is 10.1. The number of sulfonamides is 1. The number of benzene rings is 2. The molecule has 2 aromatic carbocycles. The van der Waals surface area contributed by atoms with Gasteiger partial charge in [0.25, 0.3) is 15.9 Å². The molecule has 1 aromatic heterocycles. The third kappa shape index (κ3) is 4.42. The molecule has 4 rings (SSSR count). The number of amides is 1. The van der Waals surface area contributed by atoms with Crippen molar-refractivity contribution in [2.24, 2.45) is 0 Å². The average molecular weight is 445 g/mol. The summed E-state index contributed by atoms with van der Waals surface area (Å²) in [6.07, 6.45) is 0. The molecule has 1 aliphatic heterocycles. The van der Waals surface area contributed by atoms with Crippen LogP contribution < -0.4 is 19.5 Å². The van der Waals surface area contributed by atoms with Crippen LogP contribution in [0.25, 0.3) is 0 Å². The van der Waals surface area contributed by atoms with E-state index in [0.29, 0.717) is 36.0 Å². The Morgan fingerprint density at radius 1 is 1.03 bits per heavy atom. The van der Waals surface area contributed by atoms with Crippen molar-refractivity contribution in [3.8, 4) is 11.5 Å². The molecule has 1 aliphatic rings. The third-order valence-corrected chi connectivity index (χ3v) is 7.35. The highest BCUT2D eigenvalue weighted by Gasteiger charge is 2.18. The molecule has 1 atom stereocenters. The quantitative estimate of drug-likeness (QED) is 0.603. The van der Waals surface area contributed by atoms with Gasteiger partial charge in [-0.05, 0) is 60.3 Å². The topological polar surface area (TPSA) is 93.7 Å². The van der Waals surface area contributed by atoms with Gasteiger partial charge in [-0.15, -0.1) is 11.3 Å². The van der Waals surface area contributed by atoms with Crippen LogP contribution in [-0.2, 0) is 10.0 Å². The van der Waals surface area contributed by atoms with E-state index < -0.39 is 10.0 Å². The zero-order valence-corrected chi connectivity index (χ0v) is 17.8. The van der Waals surface area contributed by atoms with E-state index in [0.717, 1.165) is 16.9 Å². The van der Waals surface area contributed by atoms with Gasteiger partial charge in [0, 0.05) is 11.3 Å². The first kappa shape index (κ1) is 20.2. The number of ether oxygens (including phenoxy) is 2. The Bertz CT molecular complexity index is 1140. The number of anilines is 1. The number of hydrogen-bond acceptors (Lipinski definition) is 6. The lowest BCUT2D eigenvalue weighted by molar-refractivity contribution is 0.0939. The molecular formula is C21H20N2O5S2. The lowest BCUT2D eigenvalue weighted by Crippen LogP contribution is -2.26. The third-order valence-electron chi connectivity index (χ3n) is 4.57.